The number of halogens is 6. The number of carboxylic acid groups (broad SMARTS) is 2. The molecule has 16 heteroatoms. The van der Waals surface area contributed by atoms with Gasteiger partial charge in [-0.1, -0.05) is 0 Å². The molecular formula is C22H22F6N6O4. The predicted molar refractivity (Wildman–Crippen MR) is 119 cm³/mol. The minimum Gasteiger partial charge on any atom is -0.475 e. The average molecular weight is 548 g/mol. The maximum Gasteiger partial charge on any atom is 0.490 e. The van der Waals surface area contributed by atoms with Crippen molar-refractivity contribution in [2.24, 2.45) is 7.05 Å². The topological polar surface area (TPSA) is 134 Å². The van der Waals surface area contributed by atoms with E-state index in [2.05, 4.69) is 35.5 Å². The van der Waals surface area contributed by atoms with E-state index in [4.69, 9.17) is 19.8 Å². The first-order valence-electron chi connectivity index (χ1n) is 10.7. The highest BCUT2D eigenvalue weighted by Crippen LogP contribution is 2.25. The number of carboxylic acids is 2. The second-order valence-electron chi connectivity index (χ2n) is 7.73. The number of hydrogen-bond donors (Lipinski definition) is 2. The average Bonchev–Trinajstić information content (AvgIpc) is 3.13. The number of carbonyl (C=O) groups is 2. The number of imidazole rings is 1. The van der Waals surface area contributed by atoms with Crippen LogP contribution in [-0.4, -0.2) is 77.0 Å². The maximum absolute atomic E-state index is 10.6. The molecule has 0 aliphatic carbocycles. The summed E-state index contributed by atoms with van der Waals surface area (Å²) in [6, 6.07) is 4.01. The smallest absolute Gasteiger partial charge is 0.475 e. The molecule has 0 saturated carbocycles. The van der Waals surface area contributed by atoms with Gasteiger partial charge in [0, 0.05) is 68.2 Å². The highest BCUT2D eigenvalue weighted by atomic mass is 19.4. The number of aromatic nitrogens is 5. The summed E-state index contributed by atoms with van der Waals surface area (Å²) in [5, 5.41) is 14.2. The van der Waals surface area contributed by atoms with Crippen molar-refractivity contribution in [1.29, 1.82) is 0 Å². The molecule has 0 spiro atoms. The molecular weight excluding hydrogens is 526 g/mol. The van der Waals surface area contributed by atoms with Crippen molar-refractivity contribution < 1.29 is 46.1 Å². The van der Waals surface area contributed by atoms with Crippen LogP contribution >= 0.6 is 0 Å². The lowest BCUT2D eigenvalue weighted by Gasteiger charge is -2.19. The van der Waals surface area contributed by atoms with Crippen molar-refractivity contribution in [3.63, 3.8) is 0 Å². The Balaban J connectivity index is 0.000000301. The van der Waals surface area contributed by atoms with E-state index in [0.717, 1.165) is 55.3 Å². The minimum atomic E-state index is -5.08. The van der Waals surface area contributed by atoms with Crippen LogP contribution < -0.4 is 0 Å². The highest BCUT2D eigenvalue weighted by molar-refractivity contribution is 5.73. The number of nitrogens with zero attached hydrogens (tertiary/aromatic N) is 6. The monoisotopic (exact) mass is 548 g/mol. The first kappa shape index (κ1) is 30.1. The lowest BCUT2D eigenvalue weighted by Crippen LogP contribution is -2.27. The Labute approximate surface area is 211 Å². The van der Waals surface area contributed by atoms with Crippen LogP contribution in [0.1, 0.15) is 17.1 Å². The van der Waals surface area contributed by atoms with Gasteiger partial charge < -0.3 is 14.8 Å². The van der Waals surface area contributed by atoms with Crippen LogP contribution in [0.3, 0.4) is 0 Å². The number of pyridine rings is 1. The Hall–Kier alpha value is -4.08. The molecule has 1 aliphatic rings. The Morgan fingerprint density at radius 2 is 1.55 bits per heavy atom. The number of alkyl halides is 6. The van der Waals surface area contributed by atoms with Gasteiger partial charge in [-0.2, -0.15) is 26.3 Å². The van der Waals surface area contributed by atoms with Crippen molar-refractivity contribution in [3.05, 3.63) is 60.3 Å². The predicted octanol–water partition coefficient (Wildman–Crippen LogP) is 3.14. The van der Waals surface area contributed by atoms with E-state index in [-0.39, 0.29) is 0 Å². The SMILES string of the molecule is Cn1ccnc1CN1CCc2ncnc(-c3cccnc3)c2CC1.O=C(O)C(F)(F)F.O=C(O)C(F)(F)F. The number of aryl methyl sites for hydroxylation is 1. The second-order valence-corrected chi connectivity index (χ2v) is 7.73. The lowest BCUT2D eigenvalue weighted by atomic mass is 10.0. The molecule has 4 heterocycles. The van der Waals surface area contributed by atoms with E-state index >= 15 is 0 Å². The summed E-state index contributed by atoms with van der Waals surface area (Å²) in [4.78, 5) is 38.0. The molecule has 3 aromatic heterocycles. The van der Waals surface area contributed by atoms with Crippen molar-refractivity contribution in [3.8, 4) is 11.3 Å². The molecule has 2 N–H and O–H groups in total. The van der Waals surface area contributed by atoms with E-state index < -0.39 is 24.3 Å². The zero-order valence-electron chi connectivity index (χ0n) is 19.7. The summed E-state index contributed by atoms with van der Waals surface area (Å²) in [6.07, 6.45) is 0.912. The van der Waals surface area contributed by atoms with Gasteiger partial charge in [0.05, 0.1) is 12.2 Å². The first-order chi connectivity index (χ1) is 17.7. The van der Waals surface area contributed by atoms with E-state index in [1.54, 1.807) is 12.5 Å². The van der Waals surface area contributed by atoms with Gasteiger partial charge in [0.2, 0.25) is 0 Å². The quantitative estimate of drug-likeness (QED) is 0.474. The molecule has 4 rings (SSSR count). The third-order valence-electron chi connectivity index (χ3n) is 5.08. The molecule has 0 bridgehead atoms. The molecule has 10 nitrogen and oxygen atoms in total. The highest BCUT2D eigenvalue weighted by Gasteiger charge is 2.38. The molecule has 0 fully saturated rings. The molecule has 0 amide bonds. The minimum absolute atomic E-state index is 0.868. The van der Waals surface area contributed by atoms with Crippen LogP contribution in [0.15, 0.2) is 43.2 Å². The van der Waals surface area contributed by atoms with E-state index in [1.807, 2.05) is 31.7 Å². The number of rotatable bonds is 3. The molecule has 0 atom stereocenters. The molecule has 206 valence electrons. The summed E-state index contributed by atoms with van der Waals surface area (Å²) >= 11 is 0. The normalized spacial score (nSPS) is 13.7. The number of aliphatic carboxylic acids is 2. The second kappa shape index (κ2) is 12.9. The molecule has 0 saturated heterocycles. The van der Waals surface area contributed by atoms with Crippen LogP contribution in [0, 0.1) is 0 Å². The summed E-state index contributed by atoms with van der Waals surface area (Å²) in [5.41, 5.74) is 4.50. The Morgan fingerprint density at radius 3 is 2.05 bits per heavy atom. The summed E-state index contributed by atoms with van der Waals surface area (Å²) < 4.78 is 65.6. The zero-order valence-corrected chi connectivity index (χ0v) is 19.7. The van der Waals surface area contributed by atoms with Gasteiger partial charge >= 0.3 is 24.3 Å². The van der Waals surface area contributed by atoms with Crippen molar-refractivity contribution >= 4 is 11.9 Å². The number of hydrogen-bond acceptors (Lipinski definition) is 7. The standard InChI is InChI=1S/C18H20N6.2C2HF3O2/c1-23-10-7-20-17(23)12-24-8-4-15-16(5-9-24)21-13-22-18(15)14-3-2-6-19-11-14;2*3-2(4,5)1(6)7/h2-3,6-7,10-11,13H,4-5,8-9,12H2,1H3;2*(H,6,7). The Kier molecular flexibility index (Phi) is 10.3. The molecule has 0 aromatic carbocycles. The third kappa shape index (κ3) is 9.10. The summed E-state index contributed by atoms with van der Waals surface area (Å²) in [6.45, 7) is 2.84. The van der Waals surface area contributed by atoms with E-state index in [1.165, 1.54) is 5.56 Å². The maximum atomic E-state index is 10.6. The van der Waals surface area contributed by atoms with E-state index in [9.17, 15) is 26.3 Å². The van der Waals surface area contributed by atoms with Crippen molar-refractivity contribution in [1.82, 2.24) is 29.4 Å². The van der Waals surface area contributed by atoms with Gasteiger partial charge in [-0.15, -0.1) is 0 Å². The van der Waals surface area contributed by atoms with Crippen LogP contribution in [0.25, 0.3) is 11.3 Å². The largest absolute Gasteiger partial charge is 0.490 e. The lowest BCUT2D eigenvalue weighted by molar-refractivity contribution is -0.193. The van der Waals surface area contributed by atoms with Gasteiger partial charge in [-0.3, -0.25) is 9.88 Å². The van der Waals surface area contributed by atoms with Crippen molar-refractivity contribution in [2.45, 2.75) is 31.7 Å². The van der Waals surface area contributed by atoms with Gasteiger partial charge in [0.25, 0.3) is 0 Å². The molecule has 0 radical (unpaired) electrons. The number of fused-ring (bicyclic) bond motifs is 1. The van der Waals surface area contributed by atoms with Gasteiger partial charge in [-0.25, -0.2) is 24.5 Å². The fraction of sp³-hybridized carbons (Fsp3) is 0.364. The zero-order chi connectivity index (χ0) is 28.5. The van der Waals surface area contributed by atoms with E-state index in [0.29, 0.717) is 0 Å². The molecule has 38 heavy (non-hydrogen) atoms. The fourth-order valence-electron chi connectivity index (χ4n) is 3.23. The first-order valence-corrected chi connectivity index (χ1v) is 10.7. The van der Waals surface area contributed by atoms with Gasteiger partial charge in [-0.05, 0) is 18.6 Å². The fourth-order valence-corrected chi connectivity index (χ4v) is 3.23. The van der Waals surface area contributed by atoms with Crippen molar-refractivity contribution in [2.75, 3.05) is 13.1 Å². The van der Waals surface area contributed by atoms with Crippen LogP contribution in [0.2, 0.25) is 0 Å². The van der Waals surface area contributed by atoms with Crippen LogP contribution in [-0.2, 0) is 36.0 Å². The molecule has 3 aromatic rings. The summed E-state index contributed by atoms with van der Waals surface area (Å²) in [5.74, 6) is -4.42. The summed E-state index contributed by atoms with van der Waals surface area (Å²) in [7, 11) is 2.04. The molecule has 0 unspecified atom stereocenters. The van der Waals surface area contributed by atoms with Gasteiger partial charge in [0.1, 0.15) is 12.2 Å². The Bertz CT molecular complexity index is 1190. The van der Waals surface area contributed by atoms with Crippen LogP contribution in [0.4, 0.5) is 26.3 Å². The Morgan fingerprint density at radius 1 is 0.947 bits per heavy atom. The molecule has 1 aliphatic heterocycles. The van der Waals surface area contributed by atoms with Gasteiger partial charge in [0.15, 0.2) is 0 Å². The third-order valence-corrected chi connectivity index (χ3v) is 5.08. The van der Waals surface area contributed by atoms with Crippen LogP contribution in [0.5, 0.6) is 0 Å².